The minimum Gasteiger partial charge on any atom is -0.306 e. The number of hydrogen-bond donors (Lipinski definition) is 0. The molecule has 1 aromatic rings. The van der Waals surface area contributed by atoms with Crippen LogP contribution < -0.4 is 0 Å². The first-order valence-corrected chi connectivity index (χ1v) is 7.09. The maximum Gasteiger partial charge on any atom is 0.149 e. The molecule has 2 fully saturated rings. The van der Waals surface area contributed by atoms with Crippen molar-refractivity contribution in [2.75, 3.05) is 20.1 Å². The van der Waals surface area contributed by atoms with Crippen molar-refractivity contribution < 1.29 is 0 Å². The minimum atomic E-state index is -0.374. The predicted molar refractivity (Wildman–Crippen MR) is 72.8 cm³/mol. The van der Waals surface area contributed by atoms with Crippen molar-refractivity contribution in [2.45, 2.75) is 43.9 Å². The van der Waals surface area contributed by atoms with Gasteiger partial charge in [0.05, 0.1) is 6.07 Å². The monoisotopic (exact) mass is 256 g/mol. The summed E-state index contributed by atoms with van der Waals surface area (Å²) in [6.45, 7) is 4.25. The summed E-state index contributed by atoms with van der Waals surface area (Å²) < 4.78 is 0. The van der Waals surface area contributed by atoms with Crippen LogP contribution >= 0.6 is 0 Å². The average Bonchev–Trinajstić information content (AvgIpc) is 3.19. The minimum absolute atomic E-state index is 0.374. The van der Waals surface area contributed by atoms with E-state index in [2.05, 4.69) is 29.1 Å². The molecule has 1 unspecified atom stereocenters. The summed E-state index contributed by atoms with van der Waals surface area (Å²) in [5.74, 6) is 1.26. The lowest BCUT2D eigenvalue weighted by molar-refractivity contribution is 0.248. The fraction of sp³-hybridized carbons (Fsp3) is 0.667. The molecule has 1 aromatic heterocycles. The maximum absolute atomic E-state index is 9.31. The van der Waals surface area contributed by atoms with E-state index in [1.54, 1.807) is 0 Å². The molecule has 1 saturated carbocycles. The SMILES string of the molecule is Cc1cc(C2CCCN(C)C2)nc(C2(C#N)CC2)n1. The molecule has 0 amide bonds. The van der Waals surface area contributed by atoms with Crippen LogP contribution in [0.5, 0.6) is 0 Å². The van der Waals surface area contributed by atoms with Gasteiger partial charge in [-0.25, -0.2) is 9.97 Å². The van der Waals surface area contributed by atoms with Crippen LogP contribution in [-0.4, -0.2) is 35.0 Å². The summed E-state index contributed by atoms with van der Waals surface area (Å²) in [6.07, 6.45) is 4.25. The lowest BCUT2D eigenvalue weighted by atomic mass is 9.94. The van der Waals surface area contributed by atoms with Crippen LogP contribution in [-0.2, 0) is 5.41 Å². The number of nitriles is 1. The Labute approximate surface area is 114 Å². The molecule has 0 bridgehead atoms. The van der Waals surface area contributed by atoms with Gasteiger partial charge in [-0.2, -0.15) is 5.26 Å². The molecular formula is C15H20N4. The average molecular weight is 256 g/mol. The highest BCUT2D eigenvalue weighted by Gasteiger charge is 2.48. The van der Waals surface area contributed by atoms with Crippen LogP contribution in [0.15, 0.2) is 6.07 Å². The highest BCUT2D eigenvalue weighted by Crippen LogP contribution is 2.46. The van der Waals surface area contributed by atoms with Crippen LogP contribution in [0.2, 0.25) is 0 Å². The van der Waals surface area contributed by atoms with E-state index >= 15 is 0 Å². The molecule has 0 spiro atoms. The van der Waals surface area contributed by atoms with Gasteiger partial charge >= 0.3 is 0 Å². The van der Waals surface area contributed by atoms with E-state index in [1.807, 2.05) is 6.92 Å². The fourth-order valence-corrected chi connectivity index (χ4v) is 2.93. The number of rotatable bonds is 2. The van der Waals surface area contributed by atoms with E-state index in [9.17, 15) is 5.26 Å². The number of aryl methyl sites for hydroxylation is 1. The molecule has 4 heteroatoms. The molecule has 0 N–H and O–H groups in total. The van der Waals surface area contributed by atoms with E-state index in [0.29, 0.717) is 5.92 Å². The first-order valence-electron chi connectivity index (χ1n) is 7.09. The van der Waals surface area contributed by atoms with Crippen molar-refractivity contribution in [1.29, 1.82) is 5.26 Å². The number of nitrogens with zero attached hydrogens (tertiary/aromatic N) is 4. The molecule has 1 aliphatic heterocycles. The Morgan fingerprint density at radius 1 is 1.42 bits per heavy atom. The largest absolute Gasteiger partial charge is 0.306 e. The number of aromatic nitrogens is 2. The predicted octanol–water partition coefficient (Wildman–Crippen LogP) is 2.15. The zero-order valence-corrected chi connectivity index (χ0v) is 11.7. The van der Waals surface area contributed by atoms with Crippen molar-refractivity contribution in [3.05, 3.63) is 23.3 Å². The second-order valence-corrected chi connectivity index (χ2v) is 6.05. The van der Waals surface area contributed by atoms with Gasteiger partial charge in [0.1, 0.15) is 11.2 Å². The Kier molecular flexibility index (Phi) is 3.02. The summed E-state index contributed by atoms with van der Waals surface area (Å²) in [5, 5.41) is 9.31. The highest BCUT2D eigenvalue weighted by atomic mass is 15.1. The lowest BCUT2D eigenvalue weighted by Crippen LogP contribution is -2.31. The third kappa shape index (κ3) is 2.35. The normalized spacial score (nSPS) is 25.8. The second kappa shape index (κ2) is 4.57. The number of piperidine rings is 1. The summed E-state index contributed by atoms with van der Waals surface area (Å²) in [4.78, 5) is 11.6. The summed E-state index contributed by atoms with van der Waals surface area (Å²) >= 11 is 0. The number of likely N-dealkylation sites (N-methyl/N-ethyl adjacent to an activating group) is 1. The molecule has 2 heterocycles. The fourth-order valence-electron chi connectivity index (χ4n) is 2.93. The molecule has 3 rings (SSSR count). The Morgan fingerprint density at radius 2 is 2.21 bits per heavy atom. The molecule has 0 radical (unpaired) electrons. The van der Waals surface area contributed by atoms with Crippen molar-refractivity contribution in [2.24, 2.45) is 0 Å². The molecule has 0 aromatic carbocycles. The number of hydrogen-bond acceptors (Lipinski definition) is 4. The highest BCUT2D eigenvalue weighted by molar-refractivity contribution is 5.31. The van der Waals surface area contributed by atoms with Crippen LogP contribution in [0.4, 0.5) is 0 Å². The molecular weight excluding hydrogens is 236 g/mol. The second-order valence-electron chi connectivity index (χ2n) is 6.05. The molecule has 100 valence electrons. The zero-order chi connectivity index (χ0) is 13.5. The topological polar surface area (TPSA) is 52.8 Å². The van der Waals surface area contributed by atoms with E-state index in [1.165, 1.54) is 19.4 Å². The van der Waals surface area contributed by atoms with Gasteiger partial charge in [-0.1, -0.05) is 0 Å². The quantitative estimate of drug-likeness (QED) is 0.813. The van der Waals surface area contributed by atoms with Crippen LogP contribution in [0, 0.1) is 18.3 Å². The van der Waals surface area contributed by atoms with Gasteiger partial charge in [-0.15, -0.1) is 0 Å². The summed E-state index contributed by atoms with van der Waals surface area (Å²) in [5.41, 5.74) is 1.76. The third-order valence-electron chi connectivity index (χ3n) is 4.31. The van der Waals surface area contributed by atoms with Gasteiger partial charge in [0, 0.05) is 23.9 Å². The van der Waals surface area contributed by atoms with Crippen molar-refractivity contribution in [3.8, 4) is 6.07 Å². The van der Waals surface area contributed by atoms with Gasteiger partial charge in [0.15, 0.2) is 0 Å². The van der Waals surface area contributed by atoms with E-state index in [-0.39, 0.29) is 5.41 Å². The Bertz CT molecular complexity index is 527. The van der Waals surface area contributed by atoms with E-state index in [0.717, 1.165) is 36.6 Å². The Hall–Kier alpha value is -1.47. The van der Waals surface area contributed by atoms with E-state index in [4.69, 9.17) is 4.98 Å². The van der Waals surface area contributed by atoms with Crippen LogP contribution in [0.3, 0.4) is 0 Å². The summed E-state index contributed by atoms with van der Waals surface area (Å²) in [6, 6.07) is 4.50. The Balaban J connectivity index is 1.92. The van der Waals surface area contributed by atoms with Gasteiger partial charge in [-0.3, -0.25) is 0 Å². The van der Waals surface area contributed by atoms with E-state index < -0.39 is 0 Å². The molecule has 19 heavy (non-hydrogen) atoms. The number of likely N-dealkylation sites (tertiary alicyclic amines) is 1. The van der Waals surface area contributed by atoms with Gasteiger partial charge in [0.25, 0.3) is 0 Å². The lowest BCUT2D eigenvalue weighted by Gasteiger charge is -2.29. The molecule has 1 saturated heterocycles. The standard InChI is InChI=1S/C15H20N4/c1-11-8-13(12-4-3-7-19(2)9-12)18-14(17-11)15(10-16)5-6-15/h8,12H,3-7,9H2,1-2H3. The van der Waals surface area contributed by atoms with Gasteiger partial charge in [-0.05, 0) is 52.3 Å². The zero-order valence-electron chi connectivity index (χ0n) is 11.7. The van der Waals surface area contributed by atoms with Crippen molar-refractivity contribution in [3.63, 3.8) is 0 Å². The molecule has 2 aliphatic rings. The molecule has 1 atom stereocenters. The van der Waals surface area contributed by atoms with Gasteiger partial charge < -0.3 is 4.90 Å². The molecule has 4 nitrogen and oxygen atoms in total. The first-order chi connectivity index (χ1) is 9.13. The van der Waals surface area contributed by atoms with Crippen molar-refractivity contribution >= 4 is 0 Å². The maximum atomic E-state index is 9.31. The smallest absolute Gasteiger partial charge is 0.149 e. The van der Waals surface area contributed by atoms with Crippen molar-refractivity contribution in [1.82, 2.24) is 14.9 Å². The third-order valence-corrected chi connectivity index (χ3v) is 4.31. The van der Waals surface area contributed by atoms with Gasteiger partial charge in [0.2, 0.25) is 0 Å². The first kappa shape index (κ1) is 12.6. The summed E-state index contributed by atoms with van der Waals surface area (Å²) in [7, 11) is 2.17. The Morgan fingerprint density at radius 3 is 2.84 bits per heavy atom. The van der Waals surface area contributed by atoms with Crippen LogP contribution in [0.1, 0.15) is 48.8 Å². The molecule has 1 aliphatic carbocycles. The van der Waals surface area contributed by atoms with Crippen LogP contribution in [0.25, 0.3) is 0 Å².